The van der Waals surface area contributed by atoms with Crippen LogP contribution < -0.4 is 5.32 Å². The Kier molecular flexibility index (Phi) is 6.07. The number of hydrogen-bond donors (Lipinski definition) is 1. The van der Waals surface area contributed by atoms with Gasteiger partial charge in [-0.15, -0.1) is 0 Å². The number of ether oxygens (including phenoxy) is 1. The predicted octanol–water partition coefficient (Wildman–Crippen LogP) is 5.80. The van der Waals surface area contributed by atoms with Gasteiger partial charge in [-0.25, -0.2) is 4.79 Å². The van der Waals surface area contributed by atoms with Gasteiger partial charge in [0.15, 0.2) is 0 Å². The monoisotopic (exact) mass is 429 g/mol. The summed E-state index contributed by atoms with van der Waals surface area (Å²) in [6.45, 7) is 11.3. The molecule has 3 saturated carbocycles. The fourth-order valence-corrected chi connectivity index (χ4v) is 7.77. The summed E-state index contributed by atoms with van der Waals surface area (Å²) < 4.78 is 5.74. The molecule has 4 nitrogen and oxygen atoms in total. The van der Waals surface area contributed by atoms with E-state index < -0.39 is 0 Å². The number of amides is 1. The lowest BCUT2D eigenvalue weighted by Gasteiger charge is -2.57. The van der Waals surface area contributed by atoms with Crippen molar-refractivity contribution in [2.75, 3.05) is 0 Å². The van der Waals surface area contributed by atoms with E-state index in [1.54, 1.807) is 6.08 Å². The second-order valence-electron chi connectivity index (χ2n) is 12.2. The molecule has 7 atom stereocenters. The fraction of sp³-hybridized carbons (Fsp3) is 0.852. The molecular weight excluding hydrogens is 386 g/mol. The van der Waals surface area contributed by atoms with Gasteiger partial charge >= 0.3 is 5.97 Å². The van der Waals surface area contributed by atoms with E-state index in [0.29, 0.717) is 17.8 Å². The third-order valence-electron chi connectivity index (χ3n) is 9.54. The SMILES string of the molecule is CCCCCC(C)(C)NC(=O)[C@H]1C[C@H]2[C@@H]3CC[C@H]4OC(=O)C=C[C@]4(C)[C@H]3CC[C@]2(C)C1. The Morgan fingerprint density at radius 2 is 1.97 bits per heavy atom. The van der Waals surface area contributed by atoms with Crippen molar-refractivity contribution in [2.45, 2.75) is 110 Å². The van der Waals surface area contributed by atoms with E-state index in [1.807, 2.05) is 0 Å². The smallest absolute Gasteiger partial charge is 0.330 e. The van der Waals surface area contributed by atoms with Crippen LogP contribution in [0.15, 0.2) is 12.2 Å². The molecule has 4 heteroatoms. The first-order valence-electron chi connectivity index (χ1n) is 12.8. The van der Waals surface area contributed by atoms with Crippen molar-refractivity contribution in [1.82, 2.24) is 5.32 Å². The van der Waals surface area contributed by atoms with Gasteiger partial charge in [-0.1, -0.05) is 46.1 Å². The van der Waals surface area contributed by atoms with Gasteiger partial charge in [-0.05, 0) is 82.0 Å². The third kappa shape index (κ3) is 4.20. The zero-order valence-electron chi connectivity index (χ0n) is 20.3. The molecule has 3 fully saturated rings. The number of carbonyl (C=O) groups excluding carboxylic acids is 2. The average Bonchev–Trinajstić information content (AvgIpc) is 3.06. The summed E-state index contributed by atoms with van der Waals surface area (Å²) in [5.74, 6) is 2.04. The second-order valence-corrected chi connectivity index (χ2v) is 12.2. The minimum atomic E-state index is -0.180. The lowest BCUT2D eigenvalue weighted by atomic mass is 9.49. The Labute approximate surface area is 189 Å². The number of esters is 1. The molecular formula is C27H43NO3. The minimum Gasteiger partial charge on any atom is -0.458 e. The zero-order valence-corrected chi connectivity index (χ0v) is 20.3. The van der Waals surface area contributed by atoms with Gasteiger partial charge in [0.2, 0.25) is 5.91 Å². The van der Waals surface area contributed by atoms with E-state index in [0.717, 1.165) is 32.1 Å². The molecule has 1 amide bonds. The van der Waals surface area contributed by atoms with E-state index >= 15 is 0 Å². The van der Waals surface area contributed by atoms with Crippen LogP contribution in [0.5, 0.6) is 0 Å². The summed E-state index contributed by atoms with van der Waals surface area (Å²) in [5.41, 5.74) is 0.110. The van der Waals surface area contributed by atoms with Gasteiger partial charge in [0.05, 0.1) is 0 Å². The van der Waals surface area contributed by atoms with E-state index in [4.69, 9.17) is 4.74 Å². The van der Waals surface area contributed by atoms with Crippen LogP contribution in [0.4, 0.5) is 0 Å². The molecule has 3 aliphatic carbocycles. The minimum absolute atomic E-state index is 0.0278. The van der Waals surface area contributed by atoms with Crippen molar-refractivity contribution < 1.29 is 14.3 Å². The number of unbranched alkanes of at least 4 members (excludes halogenated alkanes) is 2. The third-order valence-corrected chi connectivity index (χ3v) is 9.54. The molecule has 0 bridgehead atoms. The normalized spacial score (nSPS) is 41.7. The van der Waals surface area contributed by atoms with Crippen molar-refractivity contribution in [2.24, 2.45) is 34.5 Å². The zero-order chi connectivity index (χ0) is 22.4. The Morgan fingerprint density at radius 1 is 1.19 bits per heavy atom. The summed E-state index contributed by atoms with van der Waals surface area (Å²) in [5, 5.41) is 3.41. The first-order chi connectivity index (χ1) is 14.6. The molecule has 31 heavy (non-hydrogen) atoms. The Bertz CT molecular complexity index is 743. The molecule has 0 unspecified atom stereocenters. The molecule has 0 aromatic rings. The van der Waals surface area contributed by atoms with E-state index in [-0.39, 0.29) is 40.3 Å². The highest BCUT2D eigenvalue weighted by Crippen LogP contribution is 2.64. The summed E-state index contributed by atoms with van der Waals surface area (Å²) in [4.78, 5) is 25.1. The highest BCUT2D eigenvalue weighted by Gasteiger charge is 2.60. The highest BCUT2D eigenvalue weighted by atomic mass is 16.5. The van der Waals surface area contributed by atoms with Gasteiger partial charge in [-0.3, -0.25) is 4.79 Å². The summed E-state index contributed by atoms with van der Waals surface area (Å²) in [6.07, 6.45) is 15.0. The first kappa shape index (κ1) is 22.9. The van der Waals surface area contributed by atoms with E-state index in [9.17, 15) is 9.59 Å². The lowest BCUT2D eigenvalue weighted by Crippen LogP contribution is -2.54. The Morgan fingerprint density at radius 3 is 2.71 bits per heavy atom. The number of carbonyl (C=O) groups is 2. The number of nitrogens with one attached hydrogen (secondary N) is 1. The molecule has 174 valence electrons. The standard InChI is InChI=1S/C27H43NO3/c1-6-7-8-13-25(2,3)28-24(30)18-16-21-19-9-10-22-27(5,15-12-23(29)31-22)20(19)11-14-26(21,4)17-18/h12,15,18-22H,6-11,13-14,16-17H2,1-5H3,(H,28,30)/t18-,19+,20-,21-,22+,26+,27+/m0/s1. The van der Waals surface area contributed by atoms with Gasteiger partial charge in [0, 0.05) is 22.9 Å². The van der Waals surface area contributed by atoms with Crippen LogP contribution in [-0.2, 0) is 14.3 Å². The van der Waals surface area contributed by atoms with Gasteiger partial charge in [0.25, 0.3) is 0 Å². The van der Waals surface area contributed by atoms with Crippen LogP contribution in [0.25, 0.3) is 0 Å². The maximum atomic E-state index is 13.3. The summed E-state index contributed by atoms with van der Waals surface area (Å²) >= 11 is 0. The maximum absolute atomic E-state index is 13.3. The van der Waals surface area contributed by atoms with Crippen molar-refractivity contribution in [3.05, 3.63) is 12.2 Å². The number of hydrogen-bond acceptors (Lipinski definition) is 3. The largest absolute Gasteiger partial charge is 0.458 e. The summed E-state index contributed by atoms with van der Waals surface area (Å²) in [6, 6.07) is 0. The van der Waals surface area contributed by atoms with Crippen LogP contribution in [-0.4, -0.2) is 23.5 Å². The second kappa shape index (κ2) is 8.23. The molecule has 4 aliphatic rings. The fourth-order valence-electron chi connectivity index (χ4n) is 7.77. The average molecular weight is 430 g/mol. The van der Waals surface area contributed by atoms with Crippen LogP contribution in [0.3, 0.4) is 0 Å². The van der Waals surface area contributed by atoms with Gasteiger partial charge in [-0.2, -0.15) is 0 Å². The highest BCUT2D eigenvalue weighted by molar-refractivity contribution is 5.83. The quantitative estimate of drug-likeness (QED) is 0.429. The molecule has 0 radical (unpaired) electrons. The van der Waals surface area contributed by atoms with Crippen LogP contribution >= 0.6 is 0 Å². The summed E-state index contributed by atoms with van der Waals surface area (Å²) in [7, 11) is 0. The molecule has 0 aromatic carbocycles. The first-order valence-corrected chi connectivity index (χ1v) is 12.8. The van der Waals surface area contributed by atoms with E-state index in [1.165, 1.54) is 32.1 Å². The molecule has 4 rings (SSSR count). The molecule has 0 saturated heterocycles. The number of rotatable bonds is 6. The van der Waals surface area contributed by atoms with Crippen molar-refractivity contribution in [3.63, 3.8) is 0 Å². The van der Waals surface area contributed by atoms with Gasteiger partial charge < -0.3 is 10.1 Å². The van der Waals surface area contributed by atoms with Crippen LogP contribution in [0.1, 0.15) is 98.8 Å². The topological polar surface area (TPSA) is 55.4 Å². The Hall–Kier alpha value is -1.32. The van der Waals surface area contributed by atoms with Crippen molar-refractivity contribution in [1.29, 1.82) is 0 Å². The molecule has 1 N–H and O–H groups in total. The lowest BCUT2D eigenvalue weighted by molar-refractivity contribution is -0.166. The van der Waals surface area contributed by atoms with E-state index in [2.05, 4.69) is 46.0 Å². The molecule has 0 aromatic heterocycles. The molecule has 1 heterocycles. The maximum Gasteiger partial charge on any atom is 0.330 e. The van der Waals surface area contributed by atoms with Crippen LogP contribution in [0, 0.1) is 34.5 Å². The number of fused-ring (bicyclic) bond motifs is 5. The Balaban J connectivity index is 1.45. The van der Waals surface area contributed by atoms with Crippen molar-refractivity contribution >= 4 is 11.9 Å². The van der Waals surface area contributed by atoms with Crippen molar-refractivity contribution in [3.8, 4) is 0 Å². The predicted molar refractivity (Wildman–Crippen MR) is 123 cm³/mol. The van der Waals surface area contributed by atoms with Crippen LogP contribution in [0.2, 0.25) is 0 Å². The molecule has 1 aliphatic heterocycles. The molecule has 0 spiro atoms. The van der Waals surface area contributed by atoms with Gasteiger partial charge in [0.1, 0.15) is 6.10 Å².